The van der Waals surface area contributed by atoms with Crippen molar-refractivity contribution in [3.05, 3.63) is 35.9 Å². The van der Waals surface area contributed by atoms with Crippen LogP contribution in [0, 0.1) is 5.92 Å². The zero-order chi connectivity index (χ0) is 18.0. The van der Waals surface area contributed by atoms with Gasteiger partial charge in [-0.25, -0.2) is 0 Å². The van der Waals surface area contributed by atoms with E-state index >= 15 is 0 Å². The van der Waals surface area contributed by atoms with Gasteiger partial charge in [-0.2, -0.15) is 0 Å². The van der Waals surface area contributed by atoms with Crippen molar-refractivity contribution in [1.29, 1.82) is 0 Å². The number of benzene rings is 1. The number of nitrogens with one attached hydrogen (secondary N) is 2. The van der Waals surface area contributed by atoms with Crippen molar-refractivity contribution in [2.24, 2.45) is 10.9 Å². The van der Waals surface area contributed by atoms with Crippen molar-refractivity contribution in [3.8, 4) is 0 Å². The molecule has 2 N–H and O–H groups in total. The van der Waals surface area contributed by atoms with E-state index in [1.54, 1.807) is 0 Å². The van der Waals surface area contributed by atoms with Crippen LogP contribution in [0.15, 0.2) is 35.3 Å². The summed E-state index contributed by atoms with van der Waals surface area (Å²) in [4.78, 5) is 6.81. The number of guanidine groups is 1. The quantitative estimate of drug-likeness (QED) is 0.606. The molecule has 1 saturated heterocycles. The first kappa shape index (κ1) is 19.2. The Balaban J connectivity index is 1.31. The fourth-order valence-electron chi connectivity index (χ4n) is 4.04. The van der Waals surface area contributed by atoms with E-state index in [1.165, 1.54) is 31.2 Å². The smallest absolute Gasteiger partial charge is 0.191 e. The monoisotopic (exact) mass is 358 g/mol. The Morgan fingerprint density at radius 1 is 1.08 bits per heavy atom. The molecule has 26 heavy (non-hydrogen) atoms. The number of hydrogen-bond acceptors (Lipinski definition) is 3. The van der Waals surface area contributed by atoms with E-state index in [-0.39, 0.29) is 0 Å². The summed E-state index contributed by atoms with van der Waals surface area (Å²) in [7, 11) is 1.86. The van der Waals surface area contributed by atoms with Gasteiger partial charge in [-0.3, -0.25) is 9.89 Å². The topological polar surface area (TPSA) is 48.9 Å². The number of aliphatic imine (C=N–C) groups is 1. The highest BCUT2D eigenvalue weighted by molar-refractivity contribution is 5.79. The Kier molecular flexibility index (Phi) is 7.77. The van der Waals surface area contributed by atoms with E-state index in [4.69, 9.17) is 4.74 Å². The molecular weight excluding hydrogens is 324 g/mol. The van der Waals surface area contributed by atoms with Gasteiger partial charge in [-0.15, -0.1) is 0 Å². The lowest BCUT2D eigenvalue weighted by atomic mass is 9.79. The minimum Gasteiger partial charge on any atom is -0.379 e. The van der Waals surface area contributed by atoms with Gasteiger partial charge in [0, 0.05) is 39.8 Å². The number of nitrogens with zero attached hydrogens (tertiary/aromatic N) is 2. The summed E-state index contributed by atoms with van der Waals surface area (Å²) in [6.45, 7) is 6.80. The number of morpholine rings is 1. The molecule has 0 atom stereocenters. The van der Waals surface area contributed by atoms with E-state index in [2.05, 4.69) is 50.9 Å². The van der Waals surface area contributed by atoms with Gasteiger partial charge in [0.2, 0.25) is 0 Å². The van der Waals surface area contributed by atoms with Crippen LogP contribution in [0.1, 0.15) is 37.2 Å². The average molecular weight is 359 g/mol. The average Bonchev–Trinajstić information content (AvgIpc) is 2.72. The van der Waals surface area contributed by atoms with Crippen LogP contribution in [0.25, 0.3) is 0 Å². The molecule has 0 amide bonds. The van der Waals surface area contributed by atoms with E-state index in [0.29, 0.717) is 0 Å². The molecule has 1 aliphatic heterocycles. The third-order valence-corrected chi connectivity index (χ3v) is 5.72. The Morgan fingerprint density at radius 3 is 2.50 bits per heavy atom. The van der Waals surface area contributed by atoms with E-state index in [0.717, 1.165) is 63.7 Å². The predicted octanol–water partition coefficient (Wildman–Crippen LogP) is 2.46. The Labute approximate surface area is 158 Å². The largest absolute Gasteiger partial charge is 0.379 e. The zero-order valence-corrected chi connectivity index (χ0v) is 16.1. The van der Waals surface area contributed by atoms with Crippen LogP contribution in [-0.4, -0.2) is 63.8 Å². The molecule has 1 aromatic rings. The van der Waals surface area contributed by atoms with Gasteiger partial charge in [0.15, 0.2) is 5.96 Å². The van der Waals surface area contributed by atoms with Gasteiger partial charge in [0.05, 0.1) is 13.2 Å². The molecule has 0 radical (unpaired) electrons. The maximum absolute atomic E-state index is 5.39. The maximum Gasteiger partial charge on any atom is 0.191 e. The van der Waals surface area contributed by atoms with Gasteiger partial charge < -0.3 is 15.4 Å². The third-order valence-electron chi connectivity index (χ3n) is 5.72. The summed E-state index contributed by atoms with van der Waals surface area (Å²) in [6.07, 6.45) is 5.22. The van der Waals surface area contributed by atoms with Crippen LogP contribution in [-0.2, 0) is 4.74 Å². The molecule has 1 heterocycles. The number of rotatable bonds is 6. The van der Waals surface area contributed by atoms with Crippen LogP contribution in [0.4, 0.5) is 0 Å². The van der Waals surface area contributed by atoms with Gasteiger partial charge in [-0.1, -0.05) is 30.3 Å². The molecule has 1 saturated carbocycles. The van der Waals surface area contributed by atoms with E-state index < -0.39 is 0 Å². The van der Waals surface area contributed by atoms with Crippen LogP contribution in [0.3, 0.4) is 0 Å². The number of hydrogen-bond donors (Lipinski definition) is 2. The fraction of sp³-hybridized carbons (Fsp3) is 0.667. The summed E-state index contributed by atoms with van der Waals surface area (Å²) >= 11 is 0. The second kappa shape index (κ2) is 10.5. The normalized spacial score (nSPS) is 25.0. The minimum absolute atomic E-state index is 0.749. The summed E-state index contributed by atoms with van der Waals surface area (Å²) < 4.78 is 5.39. The SMILES string of the molecule is CN=C(NCCN1CCOCC1)NCC1CCC(c2ccccc2)CC1. The molecule has 3 rings (SSSR count). The highest BCUT2D eigenvalue weighted by atomic mass is 16.5. The van der Waals surface area contributed by atoms with Crippen LogP contribution in [0.5, 0.6) is 0 Å². The van der Waals surface area contributed by atoms with Crippen molar-refractivity contribution < 1.29 is 4.74 Å². The predicted molar refractivity (Wildman–Crippen MR) is 108 cm³/mol. The van der Waals surface area contributed by atoms with Crippen molar-refractivity contribution in [2.75, 3.05) is 53.0 Å². The first-order valence-electron chi connectivity index (χ1n) is 10.1. The van der Waals surface area contributed by atoms with E-state index in [1.807, 2.05) is 7.05 Å². The standard InChI is InChI=1S/C21H34N4O/c1-22-21(23-11-12-25-13-15-26-16-14-25)24-17-18-7-9-20(10-8-18)19-5-3-2-4-6-19/h2-6,18,20H,7-17H2,1H3,(H2,22,23,24). The second-order valence-corrected chi connectivity index (χ2v) is 7.46. The van der Waals surface area contributed by atoms with Gasteiger partial charge in [-0.05, 0) is 43.1 Å². The summed E-state index contributed by atoms with van der Waals surface area (Å²) in [5.41, 5.74) is 1.51. The molecule has 144 valence electrons. The molecule has 0 bridgehead atoms. The number of ether oxygens (including phenoxy) is 1. The Hall–Kier alpha value is -1.59. The highest BCUT2D eigenvalue weighted by Gasteiger charge is 2.22. The van der Waals surface area contributed by atoms with Crippen LogP contribution < -0.4 is 10.6 Å². The lowest BCUT2D eigenvalue weighted by Gasteiger charge is -2.29. The van der Waals surface area contributed by atoms with Crippen LogP contribution >= 0.6 is 0 Å². The van der Waals surface area contributed by atoms with Gasteiger partial charge in [0.25, 0.3) is 0 Å². The molecule has 0 spiro atoms. The third kappa shape index (κ3) is 5.99. The van der Waals surface area contributed by atoms with Gasteiger partial charge >= 0.3 is 0 Å². The first-order chi connectivity index (χ1) is 12.8. The zero-order valence-electron chi connectivity index (χ0n) is 16.1. The first-order valence-corrected chi connectivity index (χ1v) is 10.1. The molecule has 5 heteroatoms. The van der Waals surface area contributed by atoms with Crippen molar-refractivity contribution in [2.45, 2.75) is 31.6 Å². The summed E-state index contributed by atoms with van der Waals surface area (Å²) in [5.74, 6) is 2.44. The van der Waals surface area contributed by atoms with Crippen molar-refractivity contribution in [3.63, 3.8) is 0 Å². The van der Waals surface area contributed by atoms with Gasteiger partial charge in [0.1, 0.15) is 0 Å². The lowest BCUT2D eigenvalue weighted by molar-refractivity contribution is 0.0389. The van der Waals surface area contributed by atoms with E-state index in [9.17, 15) is 0 Å². The molecule has 0 unspecified atom stereocenters. The molecule has 5 nitrogen and oxygen atoms in total. The molecule has 2 fully saturated rings. The molecule has 1 aromatic carbocycles. The van der Waals surface area contributed by atoms with Crippen molar-refractivity contribution in [1.82, 2.24) is 15.5 Å². The Bertz CT molecular complexity index is 534. The summed E-state index contributed by atoms with van der Waals surface area (Å²) in [5, 5.41) is 6.97. The van der Waals surface area contributed by atoms with Crippen LogP contribution in [0.2, 0.25) is 0 Å². The lowest BCUT2D eigenvalue weighted by Crippen LogP contribution is -2.45. The highest BCUT2D eigenvalue weighted by Crippen LogP contribution is 2.35. The molecule has 2 aliphatic rings. The minimum atomic E-state index is 0.749. The molecule has 0 aromatic heterocycles. The Morgan fingerprint density at radius 2 is 1.81 bits per heavy atom. The fourth-order valence-corrected chi connectivity index (χ4v) is 4.04. The molecular formula is C21H34N4O. The summed E-state index contributed by atoms with van der Waals surface area (Å²) in [6, 6.07) is 11.0. The molecule has 1 aliphatic carbocycles. The van der Waals surface area contributed by atoms with Crippen molar-refractivity contribution >= 4 is 5.96 Å². The maximum atomic E-state index is 5.39. The second-order valence-electron chi connectivity index (χ2n) is 7.46.